The number of anilines is 1. The fourth-order valence-corrected chi connectivity index (χ4v) is 5.69. The van der Waals surface area contributed by atoms with E-state index in [0.29, 0.717) is 35.8 Å². The third-order valence-electron chi connectivity index (χ3n) is 7.76. The maximum absolute atomic E-state index is 13.4. The summed E-state index contributed by atoms with van der Waals surface area (Å²) in [5.41, 5.74) is 3.96. The zero-order chi connectivity index (χ0) is 28.9. The molecule has 1 atom stereocenters. The average molecular weight is 553 g/mol. The molecular weight excluding hydrogens is 504 g/mol. The van der Waals surface area contributed by atoms with Crippen LogP contribution in [-0.4, -0.2) is 33.8 Å². The van der Waals surface area contributed by atoms with E-state index >= 15 is 0 Å². The highest BCUT2D eigenvalue weighted by atomic mass is 16.5. The Labute approximate surface area is 240 Å². The zero-order valence-electron chi connectivity index (χ0n) is 25.1. The standard InChI is InChI=1S/C33H48N2O5/c1-6-7-8-9-10-11-12-13-14-15-20-34-28-19-17-25-26(22-29(28)37)27(35-23(2)36)18-16-24-21-30(38-3)32(39-4)33(40-5)31(24)25/h17,19,21-22,27H,6-16,18,20H2,1-5H3,(H,34,37)(H,35,36)/t27-/m0/s1. The van der Waals surface area contributed by atoms with Gasteiger partial charge in [-0.15, -0.1) is 0 Å². The van der Waals surface area contributed by atoms with Gasteiger partial charge in [-0.25, -0.2) is 0 Å². The SMILES string of the molecule is CCCCCCCCCCCCNc1ccc2c(cc1=O)[C@@H](NC(C)=O)CCc1cc(OC)c(OC)c(OC)c1-2. The first-order valence-corrected chi connectivity index (χ1v) is 15.0. The van der Waals surface area contributed by atoms with E-state index in [1.165, 1.54) is 58.3 Å². The van der Waals surface area contributed by atoms with Crippen LogP contribution in [0.15, 0.2) is 29.1 Å². The van der Waals surface area contributed by atoms with Gasteiger partial charge in [0.15, 0.2) is 11.5 Å². The Hall–Kier alpha value is -3.22. The second kappa shape index (κ2) is 16.1. The molecule has 0 saturated heterocycles. The minimum Gasteiger partial charge on any atom is -0.493 e. The van der Waals surface area contributed by atoms with Crippen molar-refractivity contribution in [3.63, 3.8) is 0 Å². The second-order valence-corrected chi connectivity index (χ2v) is 10.7. The van der Waals surface area contributed by atoms with E-state index in [0.717, 1.165) is 41.6 Å². The molecule has 1 aliphatic rings. The number of hydrogen-bond donors (Lipinski definition) is 2. The largest absolute Gasteiger partial charge is 0.493 e. The lowest BCUT2D eigenvalue weighted by molar-refractivity contribution is -0.119. The molecular formula is C33H48N2O5. The summed E-state index contributed by atoms with van der Waals surface area (Å²) in [6.07, 6.45) is 14.0. The van der Waals surface area contributed by atoms with Gasteiger partial charge in [-0.05, 0) is 54.2 Å². The van der Waals surface area contributed by atoms with Gasteiger partial charge >= 0.3 is 0 Å². The van der Waals surface area contributed by atoms with E-state index in [-0.39, 0.29) is 17.4 Å². The van der Waals surface area contributed by atoms with Gasteiger partial charge in [0.1, 0.15) is 0 Å². The molecule has 0 aliphatic heterocycles. The smallest absolute Gasteiger partial charge is 0.217 e. The van der Waals surface area contributed by atoms with Crippen LogP contribution in [0, 0.1) is 0 Å². The highest BCUT2D eigenvalue weighted by Gasteiger charge is 2.29. The van der Waals surface area contributed by atoms with Crippen molar-refractivity contribution < 1.29 is 19.0 Å². The van der Waals surface area contributed by atoms with E-state index in [2.05, 4.69) is 17.6 Å². The quantitative estimate of drug-likeness (QED) is 0.214. The average Bonchev–Trinajstić information content (AvgIpc) is 3.19. The molecule has 0 unspecified atom stereocenters. The van der Waals surface area contributed by atoms with Crippen molar-refractivity contribution >= 4 is 11.6 Å². The normalized spacial score (nSPS) is 14.0. The summed E-state index contributed by atoms with van der Waals surface area (Å²) in [6.45, 7) is 4.51. The summed E-state index contributed by atoms with van der Waals surface area (Å²) in [4.78, 5) is 25.5. The van der Waals surface area contributed by atoms with Gasteiger partial charge in [-0.2, -0.15) is 0 Å². The lowest BCUT2D eigenvalue weighted by atomic mass is 9.95. The number of methoxy groups -OCH3 is 3. The molecule has 2 aromatic rings. The van der Waals surface area contributed by atoms with Gasteiger partial charge in [-0.1, -0.05) is 70.8 Å². The molecule has 0 spiro atoms. The molecule has 1 amide bonds. The van der Waals surface area contributed by atoms with Crippen molar-refractivity contribution in [1.29, 1.82) is 0 Å². The van der Waals surface area contributed by atoms with Crippen molar-refractivity contribution in [3.8, 4) is 28.4 Å². The number of unbranched alkanes of at least 4 members (excludes halogenated alkanes) is 9. The molecule has 40 heavy (non-hydrogen) atoms. The van der Waals surface area contributed by atoms with Crippen molar-refractivity contribution in [3.05, 3.63) is 45.6 Å². The summed E-state index contributed by atoms with van der Waals surface area (Å²) in [5, 5.41) is 6.43. The number of amides is 1. The van der Waals surface area contributed by atoms with Crippen LogP contribution in [0.25, 0.3) is 11.1 Å². The minimum absolute atomic E-state index is 0.0911. The number of carbonyl (C=O) groups is 1. The van der Waals surface area contributed by atoms with Crippen LogP contribution < -0.4 is 30.3 Å². The number of ether oxygens (including phenoxy) is 3. The van der Waals surface area contributed by atoms with Crippen LogP contribution in [0.4, 0.5) is 5.69 Å². The fourth-order valence-electron chi connectivity index (χ4n) is 5.69. The highest BCUT2D eigenvalue weighted by Crippen LogP contribution is 2.50. The Morgan fingerprint density at radius 1 is 0.875 bits per heavy atom. The number of aryl methyl sites for hydroxylation is 1. The first kappa shape index (κ1) is 31.3. The Morgan fingerprint density at radius 2 is 1.52 bits per heavy atom. The lowest BCUT2D eigenvalue weighted by Gasteiger charge is -2.19. The molecule has 0 fully saturated rings. The predicted octanol–water partition coefficient (Wildman–Crippen LogP) is 7.20. The summed E-state index contributed by atoms with van der Waals surface area (Å²) >= 11 is 0. The molecule has 7 heteroatoms. The maximum Gasteiger partial charge on any atom is 0.217 e. The lowest BCUT2D eigenvalue weighted by Crippen LogP contribution is -2.26. The molecule has 2 aromatic carbocycles. The molecule has 7 nitrogen and oxygen atoms in total. The van der Waals surface area contributed by atoms with Crippen LogP contribution in [0.1, 0.15) is 102 Å². The Morgan fingerprint density at radius 3 is 2.12 bits per heavy atom. The monoisotopic (exact) mass is 552 g/mol. The number of benzene rings is 1. The van der Waals surface area contributed by atoms with Gasteiger partial charge < -0.3 is 24.8 Å². The molecule has 0 heterocycles. The maximum atomic E-state index is 13.4. The third-order valence-corrected chi connectivity index (χ3v) is 7.76. The van der Waals surface area contributed by atoms with Gasteiger partial charge in [0, 0.05) is 19.0 Å². The first-order chi connectivity index (χ1) is 19.4. The van der Waals surface area contributed by atoms with Gasteiger partial charge in [0.25, 0.3) is 0 Å². The molecule has 220 valence electrons. The van der Waals surface area contributed by atoms with E-state index < -0.39 is 0 Å². The second-order valence-electron chi connectivity index (χ2n) is 10.7. The van der Waals surface area contributed by atoms with Gasteiger partial charge in [0.05, 0.1) is 33.1 Å². The molecule has 0 aromatic heterocycles. The Bertz CT molecular complexity index is 1180. The Kier molecular flexibility index (Phi) is 12.6. The van der Waals surface area contributed by atoms with Gasteiger partial charge in [-0.3, -0.25) is 9.59 Å². The summed E-state index contributed by atoms with van der Waals surface area (Å²) in [7, 11) is 4.79. The van der Waals surface area contributed by atoms with Crippen molar-refractivity contribution in [2.45, 2.75) is 96.9 Å². The molecule has 0 bridgehead atoms. The van der Waals surface area contributed by atoms with Crippen molar-refractivity contribution in [2.75, 3.05) is 33.2 Å². The van der Waals surface area contributed by atoms with Crippen LogP contribution in [0.5, 0.6) is 17.2 Å². The number of hydrogen-bond acceptors (Lipinski definition) is 6. The van der Waals surface area contributed by atoms with Crippen LogP contribution >= 0.6 is 0 Å². The summed E-state index contributed by atoms with van der Waals surface area (Å²) < 4.78 is 17.1. The zero-order valence-corrected chi connectivity index (χ0v) is 25.1. The van der Waals surface area contributed by atoms with Crippen LogP contribution in [0.2, 0.25) is 0 Å². The molecule has 2 N–H and O–H groups in total. The molecule has 1 aliphatic carbocycles. The van der Waals surface area contributed by atoms with Gasteiger partial charge in [0.2, 0.25) is 17.1 Å². The fraction of sp³-hybridized carbons (Fsp3) is 0.576. The summed E-state index contributed by atoms with van der Waals surface area (Å²) in [6, 6.07) is 7.14. The number of fused-ring (bicyclic) bond motifs is 3. The number of nitrogens with one attached hydrogen (secondary N) is 2. The van der Waals surface area contributed by atoms with Crippen molar-refractivity contribution in [2.24, 2.45) is 0 Å². The van der Waals surface area contributed by atoms with E-state index in [4.69, 9.17) is 14.2 Å². The third kappa shape index (κ3) is 8.15. The van der Waals surface area contributed by atoms with Crippen LogP contribution in [0.3, 0.4) is 0 Å². The van der Waals surface area contributed by atoms with E-state index in [1.54, 1.807) is 27.4 Å². The Balaban J connectivity index is 1.82. The van der Waals surface area contributed by atoms with E-state index in [9.17, 15) is 9.59 Å². The predicted molar refractivity (Wildman–Crippen MR) is 163 cm³/mol. The molecule has 3 rings (SSSR count). The topological polar surface area (TPSA) is 85.9 Å². The number of rotatable bonds is 16. The van der Waals surface area contributed by atoms with E-state index in [1.807, 2.05) is 18.2 Å². The minimum atomic E-state index is -0.309. The molecule has 0 saturated carbocycles. The van der Waals surface area contributed by atoms with Crippen molar-refractivity contribution in [1.82, 2.24) is 5.32 Å². The summed E-state index contributed by atoms with van der Waals surface area (Å²) in [5.74, 6) is 1.50. The number of carbonyl (C=O) groups excluding carboxylic acids is 1. The van der Waals surface area contributed by atoms with Crippen LogP contribution in [-0.2, 0) is 11.2 Å². The first-order valence-electron chi connectivity index (χ1n) is 15.0. The molecule has 0 radical (unpaired) electrons. The highest BCUT2D eigenvalue weighted by molar-refractivity contribution is 5.83.